The standard InChI is InChI=1S/C15H17N3OS/c1-10-8-11(6-7-14(10)18-16)15(19)17-12-4-3-5-13(9-12)20-2/h3-9,18H,16H2,1-2H3,(H,17,19). The number of anilines is 2. The van der Waals surface area contributed by atoms with Gasteiger partial charge in [-0.1, -0.05) is 6.07 Å². The van der Waals surface area contributed by atoms with Gasteiger partial charge in [0, 0.05) is 16.1 Å². The fourth-order valence-electron chi connectivity index (χ4n) is 1.87. The van der Waals surface area contributed by atoms with Crippen molar-refractivity contribution in [3.8, 4) is 0 Å². The molecule has 0 atom stereocenters. The molecule has 0 fully saturated rings. The van der Waals surface area contributed by atoms with Crippen LogP contribution in [0.2, 0.25) is 0 Å². The number of hydrazine groups is 1. The van der Waals surface area contributed by atoms with Gasteiger partial charge in [-0.05, 0) is 55.1 Å². The summed E-state index contributed by atoms with van der Waals surface area (Å²) in [5.41, 5.74) is 5.73. The Morgan fingerprint density at radius 3 is 2.65 bits per heavy atom. The van der Waals surface area contributed by atoms with Crippen LogP contribution >= 0.6 is 11.8 Å². The number of hydrogen-bond donors (Lipinski definition) is 3. The summed E-state index contributed by atoms with van der Waals surface area (Å²) in [6.07, 6.45) is 2.00. The molecule has 1 amide bonds. The third-order valence-electron chi connectivity index (χ3n) is 2.97. The molecule has 0 aliphatic rings. The lowest BCUT2D eigenvalue weighted by Gasteiger charge is -2.09. The number of carbonyl (C=O) groups is 1. The van der Waals surface area contributed by atoms with Gasteiger partial charge in [0.25, 0.3) is 5.91 Å². The molecule has 0 saturated heterocycles. The van der Waals surface area contributed by atoms with Gasteiger partial charge in [0.1, 0.15) is 0 Å². The van der Waals surface area contributed by atoms with Gasteiger partial charge in [0.2, 0.25) is 0 Å². The lowest BCUT2D eigenvalue weighted by molar-refractivity contribution is 0.102. The van der Waals surface area contributed by atoms with Gasteiger partial charge in [0.15, 0.2) is 0 Å². The second-order valence-electron chi connectivity index (χ2n) is 4.36. The van der Waals surface area contributed by atoms with E-state index in [1.807, 2.05) is 43.5 Å². The molecule has 2 rings (SSSR count). The first kappa shape index (κ1) is 14.4. The number of thioether (sulfide) groups is 1. The summed E-state index contributed by atoms with van der Waals surface area (Å²) in [5.74, 6) is 5.25. The highest BCUT2D eigenvalue weighted by Crippen LogP contribution is 2.20. The number of benzene rings is 2. The molecule has 2 aromatic rings. The van der Waals surface area contributed by atoms with Crippen LogP contribution in [0.3, 0.4) is 0 Å². The number of hydrogen-bond acceptors (Lipinski definition) is 4. The summed E-state index contributed by atoms with van der Waals surface area (Å²) < 4.78 is 0. The molecule has 20 heavy (non-hydrogen) atoms. The van der Waals surface area contributed by atoms with Gasteiger partial charge >= 0.3 is 0 Å². The van der Waals surface area contributed by atoms with Gasteiger partial charge in [-0.2, -0.15) is 0 Å². The van der Waals surface area contributed by atoms with Crippen molar-refractivity contribution in [2.45, 2.75) is 11.8 Å². The summed E-state index contributed by atoms with van der Waals surface area (Å²) >= 11 is 1.64. The van der Waals surface area contributed by atoms with Crippen LogP contribution in [0.15, 0.2) is 47.4 Å². The van der Waals surface area contributed by atoms with E-state index in [0.717, 1.165) is 21.8 Å². The van der Waals surface area contributed by atoms with Crippen molar-refractivity contribution in [3.05, 3.63) is 53.6 Å². The molecular formula is C15H17N3OS. The molecule has 0 bridgehead atoms. The molecule has 104 valence electrons. The Morgan fingerprint density at radius 2 is 2.00 bits per heavy atom. The van der Waals surface area contributed by atoms with E-state index in [1.165, 1.54) is 0 Å². The summed E-state index contributed by atoms with van der Waals surface area (Å²) in [6.45, 7) is 1.90. The summed E-state index contributed by atoms with van der Waals surface area (Å²) in [4.78, 5) is 13.3. The fraction of sp³-hybridized carbons (Fsp3) is 0.133. The number of amides is 1. The van der Waals surface area contributed by atoms with Crippen molar-refractivity contribution in [2.75, 3.05) is 17.0 Å². The lowest BCUT2D eigenvalue weighted by atomic mass is 10.1. The van der Waals surface area contributed by atoms with Crippen LogP contribution in [-0.4, -0.2) is 12.2 Å². The monoisotopic (exact) mass is 287 g/mol. The Balaban J connectivity index is 2.17. The molecule has 0 aliphatic heterocycles. The van der Waals surface area contributed by atoms with Crippen molar-refractivity contribution in [3.63, 3.8) is 0 Å². The highest BCUT2D eigenvalue weighted by Gasteiger charge is 2.08. The minimum Gasteiger partial charge on any atom is -0.324 e. The Hall–Kier alpha value is -1.98. The second-order valence-corrected chi connectivity index (χ2v) is 5.24. The lowest BCUT2D eigenvalue weighted by Crippen LogP contribution is -2.13. The Kier molecular flexibility index (Phi) is 4.65. The number of nitrogens with one attached hydrogen (secondary N) is 2. The van der Waals surface area contributed by atoms with E-state index in [2.05, 4.69) is 10.7 Å². The SMILES string of the molecule is CSc1cccc(NC(=O)c2ccc(NN)c(C)c2)c1. The zero-order valence-electron chi connectivity index (χ0n) is 11.4. The van der Waals surface area contributed by atoms with Crippen molar-refractivity contribution in [1.82, 2.24) is 0 Å². The zero-order chi connectivity index (χ0) is 14.5. The molecule has 0 heterocycles. The third-order valence-corrected chi connectivity index (χ3v) is 3.70. The molecule has 0 unspecified atom stereocenters. The van der Waals surface area contributed by atoms with Crippen molar-refractivity contribution >= 4 is 29.0 Å². The van der Waals surface area contributed by atoms with Gasteiger partial charge in [0.05, 0.1) is 5.69 Å². The normalized spacial score (nSPS) is 10.2. The van der Waals surface area contributed by atoms with Crippen LogP contribution in [0.25, 0.3) is 0 Å². The number of nitrogen functional groups attached to an aromatic ring is 1. The van der Waals surface area contributed by atoms with Gasteiger partial charge < -0.3 is 10.7 Å². The first-order valence-corrected chi connectivity index (χ1v) is 7.39. The first-order valence-electron chi connectivity index (χ1n) is 6.16. The molecule has 0 aliphatic carbocycles. The van der Waals surface area contributed by atoms with Gasteiger partial charge in [-0.3, -0.25) is 10.6 Å². The smallest absolute Gasteiger partial charge is 0.255 e. The Bertz CT molecular complexity index is 628. The molecule has 0 saturated carbocycles. The number of aryl methyl sites for hydroxylation is 1. The molecular weight excluding hydrogens is 270 g/mol. The molecule has 4 nitrogen and oxygen atoms in total. The summed E-state index contributed by atoms with van der Waals surface area (Å²) in [7, 11) is 0. The molecule has 0 radical (unpaired) electrons. The highest BCUT2D eigenvalue weighted by molar-refractivity contribution is 7.98. The van der Waals surface area contributed by atoms with Crippen LogP contribution < -0.4 is 16.6 Å². The van der Waals surface area contributed by atoms with E-state index in [0.29, 0.717) is 5.56 Å². The van der Waals surface area contributed by atoms with E-state index in [9.17, 15) is 4.79 Å². The van der Waals surface area contributed by atoms with Crippen molar-refractivity contribution in [1.29, 1.82) is 0 Å². The van der Waals surface area contributed by atoms with E-state index >= 15 is 0 Å². The van der Waals surface area contributed by atoms with Crippen LogP contribution in [0.4, 0.5) is 11.4 Å². The Labute approximate surface area is 122 Å². The average molecular weight is 287 g/mol. The minimum absolute atomic E-state index is 0.130. The van der Waals surface area contributed by atoms with E-state index in [-0.39, 0.29) is 5.91 Å². The van der Waals surface area contributed by atoms with E-state index < -0.39 is 0 Å². The maximum atomic E-state index is 12.2. The summed E-state index contributed by atoms with van der Waals surface area (Å²) in [6, 6.07) is 13.1. The zero-order valence-corrected chi connectivity index (χ0v) is 12.3. The summed E-state index contributed by atoms with van der Waals surface area (Å²) in [5, 5.41) is 2.89. The first-order chi connectivity index (χ1) is 9.63. The Morgan fingerprint density at radius 1 is 1.20 bits per heavy atom. The highest BCUT2D eigenvalue weighted by atomic mass is 32.2. The predicted molar refractivity (Wildman–Crippen MR) is 85.2 cm³/mol. The van der Waals surface area contributed by atoms with Crippen LogP contribution in [0.5, 0.6) is 0 Å². The maximum absolute atomic E-state index is 12.2. The van der Waals surface area contributed by atoms with E-state index in [1.54, 1.807) is 23.9 Å². The second kappa shape index (κ2) is 6.45. The molecule has 0 spiro atoms. The average Bonchev–Trinajstić information content (AvgIpc) is 2.47. The van der Waals surface area contributed by atoms with E-state index in [4.69, 9.17) is 5.84 Å². The van der Waals surface area contributed by atoms with Crippen LogP contribution in [0.1, 0.15) is 15.9 Å². The number of rotatable bonds is 4. The van der Waals surface area contributed by atoms with Gasteiger partial charge in [-0.25, -0.2) is 0 Å². The predicted octanol–water partition coefficient (Wildman–Crippen LogP) is 3.25. The fourth-order valence-corrected chi connectivity index (χ4v) is 2.33. The molecule has 0 aromatic heterocycles. The molecule has 5 heteroatoms. The molecule has 4 N–H and O–H groups in total. The quantitative estimate of drug-likeness (QED) is 0.459. The third kappa shape index (κ3) is 3.31. The van der Waals surface area contributed by atoms with Gasteiger partial charge in [-0.15, -0.1) is 11.8 Å². The number of nitrogens with two attached hydrogens (primary N) is 1. The minimum atomic E-state index is -0.130. The topological polar surface area (TPSA) is 67.2 Å². The number of carbonyl (C=O) groups excluding carboxylic acids is 1. The molecule has 2 aromatic carbocycles. The largest absolute Gasteiger partial charge is 0.324 e. The van der Waals surface area contributed by atoms with Crippen LogP contribution in [-0.2, 0) is 0 Å². The van der Waals surface area contributed by atoms with Crippen LogP contribution in [0, 0.1) is 6.92 Å². The van der Waals surface area contributed by atoms with Crippen molar-refractivity contribution in [2.24, 2.45) is 5.84 Å². The maximum Gasteiger partial charge on any atom is 0.255 e. The van der Waals surface area contributed by atoms with Crippen molar-refractivity contribution < 1.29 is 4.79 Å².